The third-order valence-electron chi connectivity index (χ3n) is 2.56. The van der Waals surface area contributed by atoms with Crippen LogP contribution in [0.25, 0.3) is 0 Å². The molecule has 0 saturated carbocycles. The van der Waals surface area contributed by atoms with Crippen LogP contribution in [-0.2, 0) is 16.1 Å². The van der Waals surface area contributed by atoms with Crippen LogP contribution >= 0.6 is 0 Å². The number of aromatic nitrogens is 2. The fourth-order valence-corrected chi connectivity index (χ4v) is 1.78. The van der Waals surface area contributed by atoms with Crippen LogP contribution in [0.1, 0.15) is 13.3 Å². The van der Waals surface area contributed by atoms with Gasteiger partial charge >= 0.3 is 0 Å². The van der Waals surface area contributed by atoms with E-state index in [4.69, 9.17) is 0 Å². The van der Waals surface area contributed by atoms with Gasteiger partial charge in [0.2, 0.25) is 5.91 Å². The zero-order chi connectivity index (χ0) is 10.8. The van der Waals surface area contributed by atoms with Gasteiger partial charge in [0.05, 0.1) is 19.5 Å². The van der Waals surface area contributed by atoms with Crippen molar-refractivity contribution in [3.63, 3.8) is 0 Å². The molecular formula is C10H13N3O2. The van der Waals surface area contributed by atoms with E-state index in [2.05, 4.69) is 5.10 Å². The molecule has 0 aliphatic carbocycles. The molecule has 0 N–H and O–H groups in total. The lowest BCUT2D eigenvalue weighted by atomic mass is 10.3. The quantitative estimate of drug-likeness (QED) is 0.659. The average molecular weight is 207 g/mol. The molecule has 1 amide bonds. The Morgan fingerprint density at radius 1 is 1.53 bits per heavy atom. The number of nitrogens with zero attached hydrogens (tertiary/aromatic N) is 3. The minimum Gasteiger partial charge on any atom is -0.330 e. The van der Waals surface area contributed by atoms with E-state index in [-0.39, 0.29) is 30.7 Å². The van der Waals surface area contributed by atoms with Crippen molar-refractivity contribution in [1.29, 1.82) is 0 Å². The average Bonchev–Trinajstić information content (AvgIpc) is 2.75. The van der Waals surface area contributed by atoms with Crippen molar-refractivity contribution in [2.75, 3.05) is 6.54 Å². The van der Waals surface area contributed by atoms with Gasteiger partial charge in [0, 0.05) is 18.4 Å². The summed E-state index contributed by atoms with van der Waals surface area (Å²) in [7, 11) is 0. The van der Waals surface area contributed by atoms with Crippen molar-refractivity contribution in [2.24, 2.45) is 0 Å². The van der Waals surface area contributed by atoms with Crippen LogP contribution in [0.2, 0.25) is 0 Å². The molecule has 1 atom stereocenters. The standard InChI is InChI=1S/C10H13N3O2/c1-8(6-12-4-2-3-11-12)13-7-9(14)5-10(13)15/h2-4,8H,5-7H2,1H3. The molecule has 0 bridgehead atoms. The van der Waals surface area contributed by atoms with Gasteiger partial charge in [-0.15, -0.1) is 0 Å². The van der Waals surface area contributed by atoms with Crippen LogP contribution in [0, 0.1) is 0 Å². The lowest BCUT2D eigenvalue weighted by Crippen LogP contribution is -2.37. The van der Waals surface area contributed by atoms with E-state index in [1.807, 2.05) is 19.2 Å². The maximum absolute atomic E-state index is 11.4. The Morgan fingerprint density at radius 2 is 2.33 bits per heavy atom. The van der Waals surface area contributed by atoms with Crippen LogP contribution in [0.5, 0.6) is 0 Å². The predicted octanol–water partition coefficient (Wildman–Crippen LogP) is 0.0730. The molecular weight excluding hydrogens is 194 g/mol. The molecule has 1 aromatic heterocycles. The summed E-state index contributed by atoms with van der Waals surface area (Å²) in [4.78, 5) is 24.1. The number of Topliss-reactive ketones (excluding diaryl/α,β-unsaturated/α-hetero) is 1. The number of likely N-dealkylation sites (tertiary alicyclic amines) is 1. The van der Waals surface area contributed by atoms with Gasteiger partial charge in [-0.2, -0.15) is 5.10 Å². The first-order chi connectivity index (χ1) is 7.16. The van der Waals surface area contributed by atoms with Gasteiger partial charge in [-0.1, -0.05) is 0 Å². The summed E-state index contributed by atoms with van der Waals surface area (Å²) in [6, 6.07) is 1.85. The summed E-state index contributed by atoms with van der Waals surface area (Å²) in [5.74, 6) is -0.0630. The van der Waals surface area contributed by atoms with Crippen LogP contribution in [-0.4, -0.2) is 39.0 Å². The van der Waals surface area contributed by atoms with Crippen molar-refractivity contribution in [3.8, 4) is 0 Å². The smallest absolute Gasteiger partial charge is 0.230 e. The summed E-state index contributed by atoms with van der Waals surface area (Å²) >= 11 is 0. The Kier molecular flexibility index (Phi) is 2.53. The molecule has 2 heterocycles. The maximum atomic E-state index is 11.4. The first kappa shape index (κ1) is 9.89. The minimum atomic E-state index is -0.0698. The Morgan fingerprint density at radius 3 is 2.87 bits per heavy atom. The summed E-state index contributed by atoms with van der Waals surface area (Å²) < 4.78 is 1.76. The lowest BCUT2D eigenvalue weighted by Gasteiger charge is -2.23. The Bertz CT molecular complexity index is 372. The monoisotopic (exact) mass is 207 g/mol. The van der Waals surface area contributed by atoms with E-state index in [9.17, 15) is 9.59 Å². The second-order valence-corrected chi connectivity index (χ2v) is 3.81. The van der Waals surface area contributed by atoms with Crippen molar-refractivity contribution in [2.45, 2.75) is 25.9 Å². The molecule has 1 saturated heterocycles. The number of hydrogen-bond donors (Lipinski definition) is 0. The zero-order valence-electron chi connectivity index (χ0n) is 8.59. The van der Waals surface area contributed by atoms with Gasteiger partial charge in [-0.3, -0.25) is 14.3 Å². The number of hydrogen-bond acceptors (Lipinski definition) is 3. The second-order valence-electron chi connectivity index (χ2n) is 3.81. The first-order valence-electron chi connectivity index (χ1n) is 4.95. The van der Waals surface area contributed by atoms with Crippen molar-refractivity contribution in [3.05, 3.63) is 18.5 Å². The molecule has 2 rings (SSSR count). The van der Waals surface area contributed by atoms with Crippen molar-refractivity contribution < 1.29 is 9.59 Å². The van der Waals surface area contributed by atoms with Crippen molar-refractivity contribution in [1.82, 2.24) is 14.7 Å². The molecule has 1 aliphatic rings. The molecule has 1 fully saturated rings. The van der Waals surface area contributed by atoms with E-state index >= 15 is 0 Å². The van der Waals surface area contributed by atoms with Crippen LogP contribution in [0.3, 0.4) is 0 Å². The number of ketones is 1. The van der Waals surface area contributed by atoms with Crippen LogP contribution < -0.4 is 0 Å². The molecule has 0 radical (unpaired) electrons. The molecule has 0 aromatic carbocycles. The second kappa shape index (κ2) is 3.84. The van der Waals surface area contributed by atoms with Gasteiger partial charge in [0.25, 0.3) is 0 Å². The molecule has 1 aromatic rings. The van der Waals surface area contributed by atoms with Crippen molar-refractivity contribution >= 4 is 11.7 Å². The minimum absolute atomic E-state index is 0.00677. The van der Waals surface area contributed by atoms with Gasteiger partial charge < -0.3 is 4.90 Å². The van der Waals surface area contributed by atoms with Gasteiger partial charge in [0.1, 0.15) is 0 Å². The van der Waals surface area contributed by atoms with E-state index in [0.717, 1.165) is 0 Å². The molecule has 1 unspecified atom stereocenters. The molecule has 5 heteroatoms. The number of amides is 1. The fraction of sp³-hybridized carbons (Fsp3) is 0.500. The summed E-state index contributed by atoms with van der Waals surface area (Å²) in [5.41, 5.74) is 0. The highest BCUT2D eigenvalue weighted by Crippen LogP contribution is 2.11. The highest BCUT2D eigenvalue weighted by atomic mass is 16.2. The Hall–Kier alpha value is -1.65. The molecule has 0 spiro atoms. The molecule has 15 heavy (non-hydrogen) atoms. The molecule has 1 aliphatic heterocycles. The van der Waals surface area contributed by atoms with Gasteiger partial charge in [-0.25, -0.2) is 0 Å². The largest absolute Gasteiger partial charge is 0.330 e. The summed E-state index contributed by atoms with van der Waals surface area (Å²) in [5, 5.41) is 4.07. The van der Waals surface area contributed by atoms with Gasteiger partial charge in [-0.05, 0) is 13.0 Å². The number of rotatable bonds is 3. The highest BCUT2D eigenvalue weighted by Gasteiger charge is 2.30. The van der Waals surface area contributed by atoms with Crippen LogP contribution in [0.4, 0.5) is 0 Å². The summed E-state index contributed by atoms with van der Waals surface area (Å²) in [6.07, 6.45) is 3.60. The SMILES string of the molecule is CC(Cn1cccn1)N1CC(=O)CC1=O. The zero-order valence-corrected chi connectivity index (χ0v) is 8.59. The summed E-state index contributed by atoms with van der Waals surface area (Å²) in [6.45, 7) is 2.81. The maximum Gasteiger partial charge on any atom is 0.230 e. The van der Waals surface area contributed by atoms with E-state index in [0.29, 0.717) is 6.54 Å². The number of carbonyl (C=O) groups is 2. The van der Waals surface area contributed by atoms with Gasteiger partial charge in [0.15, 0.2) is 5.78 Å². The Labute approximate surface area is 87.7 Å². The van der Waals surface area contributed by atoms with E-state index in [1.54, 1.807) is 15.8 Å². The predicted molar refractivity (Wildman–Crippen MR) is 53.0 cm³/mol. The fourth-order valence-electron chi connectivity index (χ4n) is 1.78. The third kappa shape index (κ3) is 2.06. The third-order valence-corrected chi connectivity index (χ3v) is 2.56. The van der Waals surface area contributed by atoms with Crippen LogP contribution in [0.15, 0.2) is 18.5 Å². The normalized spacial score (nSPS) is 18.6. The Balaban J connectivity index is 1.99. The first-order valence-corrected chi connectivity index (χ1v) is 4.95. The topological polar surface area (TPSA) is 55.2 Å². The molecule has 5 nitrogen and oxygen atoms in total. The molecule has 80 valence electrons. The number of carbonyl (C=O) groups excluding carboxylic acids is 2. The van der Waals surface area contributed by atoms with E-state index in [1.165, 1.54) is 0 Å². The highest BCUT2D eigenvalue weighted by molar-refractivity contribution is 6.05. The lowest BCUT2D eigenvalue weighted by molar-refractivity contribution is -0.129. The van der Waals surface area contributed by atoms with E-state index < -0.39 is 0 Å².